The Morgan fingerprint density at radius 3 is 1.91 bits per heavy atom. The van der Waals surface area contributed by atoms with Gasteiger partial charge in [-0.05, 0) is 45.9 Å². The fourth-order valence-corrected chi connectivity index (χ4v) is 2.64. The number of aryl methyl sites for hydroxylation is 1. The molecule has 0 radical (unpaired) electrons. The Morgan fingerprint density at radius 1 is 0.913 bits per heavy atom. The van der Waals surface area contributed by atoms with Crippen molar-refractivity contribution in [2.75, 3.05) is 7.05 Å². The first-order chi connectivity index (χ1) is 10.8. The van der Waals surface area contributed by atoms with Crippen LogP contribution in [0, 0.1) is 6.92 Å². The molecule has 3 nitrogen and oxygen atoms in total. The summed E-state index contributed by atoms with van der Waals surface area (Å²) in [5, 5.41) is 3.22. The lowest BCUT2D eigenvalue weighted by molar-refractivity contribution is -0.161. The number of nitrogens with one attached hydrogen (secondary N) is 1. The van der Waals surface area contributed by atoms with Gasteiger partial charge >= 0.3 is 5.97 Å². The van der Waals surface area contributed by atoms with E-state index in [2.05, 4.69) is 5.32 Å². The van der Waals surface area contributed by atoms with E-state index >= 15 is 0 Å². The van der Waals surface area contributed by atoms with Gasteiger partial charge in [-0.2, -0.15) is 0 Å². The fourth-order valence-electron chi connectivity index (χ4n) is 2.64. The van der Waals surface area contributed by atoms with Crippen molar-refractivity contribution in [3.05, 3.63) is 71.3 Å². The van der Waals surface area contributed by atoms with Crippen LogP contribution >= 0.6 is 0 Å². The second kappa shape index (κ2) is 6.55. The number of benzene rings is 2. The summed E-state index contributed by atoms with van der Waals surface area (Å²) in [5.74, 6) is -0.303. The Hall–Kier alpha value is -2.13. The lowest BCUT2D eigenvalue weighted by atomic mass is 9.82. The third-order valence-corrected chi connectivity index (χ3v) is 3.77. The molecule has 2 aromatic rings. The van der Waals surface area contributed by atoms with Crippen molar-refractivity contribution in [2.45, 2.75) is 38.8 Å². The molecule has 0 spiro atoms. The monoisotopic (exact) mass is 311 g/mol. The largest absolute Gasteiger partial charge is 0.458 e. The van der Waals surface area contributed by atoms with Crippen LogP contribution in [0.15, 0.2) is 54.6 Å². The number of hydrogen-bond acceptors (Lipinski definition) is 3. The summed E-state index contributed by atoms with van der Waals surface area (Å²) >= 11 is 0. The molecule has 0 aliphatic carbocycles. The van der Waals surface area contributed by atoms with E-state index in [0.717, 1.165) is 16.7 Å². The standard InChI is InChI=1S/C20H25NO2/c1-15-11-13-17(14-12-15)20(21-5,16-9-7-6-8-10-16)18(22)23-19(2,3)4/h6-14,21H,1-5H3/t20-/m1/s1. The van der Waals surface area contributed by atoms with Crippen LogP contribution in [0.2, 0.25) is 0 Å². The van der Waals surface area contributed by atoms with Gasteiger partial charge in [-0.25, -0.2) is 4.79 Å². The second-order valence-corrected chi connectivity index (χ2v) is 6.73. The highest BCUT2D eigenvalue weighted by molar-refractivity contribution is 5.87. The third kappa shape index (κ3) is 3.62. The average Bonchev–Trinajstić information content (AvgIpc) is 2.49. The lowest BCUT2D eigenvalue weighted by Crippen LogP contribution is -2.51. The van der Waals surface area contributed by atoms with E-state index in [-0.39, 0.29) is 5.97 Å². The van der Waals surface area contributed by atoms with E-state index in [1.54, 1.807) is 7.05 Å². The maximum Gasteiger partial charge on any atom is 0.336 e. The van der Waals surface area contributed by atoms with Gasteiger partial charge < -0.3 is 4.74 Å². The van der Waals surface area contributed by atoms with Crippen LogP contribution in [0.25, 0.3) is 0 Å². The van der Waals surface area contributed by atoms with Gasteiger partial charge in [-0.3, -0.25) is 5.32 Å². The van der Waals surface area contributed by atoms with E-state index in [1.165, 1.54) is 0 Å². The van der Waals surface area contributed by atoms with Crippen LogP contribution in [-0.4, -0.2) is 18.6 Å². The molecule has 122 valence electrons. The first kappa shape index (κ1) is 17.2. The summed E-state index contributed by atoms with van der Waals surface area (Å²) in [6.07, 6.45) is 0. The number of carbonyl (C=O) groups is 1. The Labute approximate surface area is 138 Å². The van der Waals surface area contributed by atoms with Gasteiger partial charge in [0.15, 0.2) is 5.54 Å². The third-order valence-electron chi connectivity index (χ3n) is 3.77. The molecule has 0 fully saturated rings. The number of ether oxygens (including phenoxy) is 1. The first-order valence-corrected chi connectivity index (χ1v) is 7.84. The van der Waals surface area contributed by atoms with Crippen LogP contribution in [0.5, 0.6) is 0 Å². The highest BCUT2D eigenvalue weighted by atomic mass is 16.6. The molecule has 23 heavy (non-hydrogen) atoms. The van der Waals surface area contributed by atoms with Gasteiger partial charge in [-0.1, -0.05) is 60.2 Å². The van der Waals surface area contributed by atoms with Gasteiger partial charge in [-0.15, -0.1) is 0 Å². The van der Waals surface area contributed by atoms with Gasteiger partial charge in [0, 0.05) is 0 Å². The highest BCUT2D eigenvalue weighted by Crippen LogP contribution is 2.32. The molecular formula is C20H25NO2. The summed E-state index contributed by atoms with van der Waals surface area (Å²) in [6, 6.07) is 17.7. The van der Waals surface area contributed by atoms with E-state index in [1.807, 2.05) is 82.3 Å². The van der Waals surface area contributed by atoms with Crippen molar-refractivity contribution in [1.29, 1.82) is 0 Å². The van der Waals surface area contributed by atoms with Crippen LogP contribution < -0.4 is 5.32 Å². The Morgan fingerprint density at radius 2 is 1.43 bits per heavy atom. The van der Waals surface area contributed by atoms with E-state index < -0.39 is 11.1 Å². The Kier molecular flexibility index (Phi) is 4.90. The Balaban J connectivity index is 2.62. The van der Waals surface area contributed by atoms with Crippen molar-refractivity contribution in [1.82, 2.24) is 5.32 Å². The Bertz CT molecular complexity index is 656. The lowest BCUT2D eigenvalue weighted by Gasteiger charge is -2.35. The van der Waals surface area contributed by atoms with Crippen LogP contribution in [0.4, 0.5) is 0 Å². The quantitative estimate of drug-likeness (QED) is 0.873. The van der Waals surface area contributed by atoms with Crippen molar-refractivity contribution >= 4 is 5.97 Å². The molecule has 0 aliphatic heterocycles. The van der Waals surface area contributed by atoms with E-state index in [9.17, 15) is 4.79 Å². The molecule has 0 aliphatic rings. The predicted octanol–water partition coefficient (Wildman–Crippen LogP) is 3.80. The summed E-state index contributed by atoms with van der Waals surface area (Å²) < 4.78 is 5.73. The normalized spacial score (nSPS) is 14.1. The zero-order valence-electron chi connectivity index (χ0n) is 14.5. The first-order valence-electron chi connectivity index (χ1n) is 7.84. The number of esters is 1. The molecule has 0 saturated heterocycles. The number of likely N-dealkylation sites (N-methyl/N-ethyl adjacent to an activating group) is 1. The second-order valence-electron chi connectivity index (χ2n) is 6.73. The molecule has 2 rings (SSSR count). The molecule has 0 heterocycles. The van der Waals surface area contributed by atoms with Crippen molar-refractivity contribution in [3.8, 4) is 0 Å². The average molecular weight is 311 g/mol. The molecule has 0 bridgehead atoms. The maximum absolute atomic E-state index is 13.1. The number of hydrogen-bond donors (Lipinski definition) is 1. The minimum absolute atomic E-state index is 0.303. The smallest absolute Gasteiger partial charge is 0.336 e. The van der Waals surface area contributed by atoms with Crippen molar-refractivity contribution in [2.24, 2.45) is 0 Å². The summed E-state index contributed by atoms with van der Waals surface area (Å²) in [7, 11) is 1.79. The molecule has 0 amide bonds. The summed E-state index contributed by atoms with van der Waals surface area (Å²) in [5.41, 5.74) is 1.30. The number of carbonyl (C=O) groups excluding carboxylic acids is 1. The predicted molar refractivity (Wildman–Crippen MR) is 93.3 cm³/mol. The van der Waals surface area contributed by atoms with Crippen LogP contribution in [-0.2, 0) is 15.1 Å². The van der Waals surface area contributed by atoms with Gasteiger partial charge in [0.05, 0.1) is 0 Å². The molecule has 1 N–H and O–H groups in total. The molecular weight excluding hydrogens is 286 g/mol. The molecule has 0 unspecified atom stereocenters. The molecule has 3 heteroatoms. The molecule has 0 saturated carbocycles. The highest BCUT2D eigenvalue weighted by Gasteiger charge is 2.43. The van der Waals surface area contributed by atoms with Crippen molar-refractivity contribution < 1.29 is 9.53 Å². The van der Waals surface area contributed by atoms with Gasteiger partial charge in [0.1, 0.15) is 5.60 Å². The van der Waals surface area contributed by atoms with E-state index in [0.29, 0.717) is 0 Å². The fraction of sp³-hybridized carbons (Fsp3) is 0.350. The van der Waals surface area contributed by atoms with Gasteiger partial charge in [0.2, 0.25) is 0 Å². The zero-order chi connectivity index (χ0) is 17.1. The molecule has 2 aromatic carbocycles. The van der Waals surface area contributed by atoms with Gasteiger partial charge in [0.25, 0.3) is 0 Å². The zero-order valence-corrected chi connectivity index (χ0v) is 14.5. The van der Waals surface area contributed by atoms with E-state index in [4.69, 9.17) is 4.74 Å². The molecule has 1 atom stereocenters. The molecule has 0 aromatic heterocycles. The number of rotatable bonds is 4. The maximum atomic E-state index is 13.1. The SMILES string of the molecule is CN[C@](C(=O)OC(C)(C)C)(c1ccccc1)c1ccc(C)cc1. The minimum atomic E-state index is -1.03. The minimum Gasteiger partial charge on any atom is -0.458 e. The van der Waals surface area contributed by atoms with Crippen LogP contribution in [0.3, 0.4) is 0 Å². The topological polar surface area (TPSA) is 38.3 Å². The van der Waals surface area contributed by atoms with Crippen molar-refractivity contribution in [3.63, 3.8) is 0 Å². The summed E-state index contributed by atoms with van der Waals surface area (Å²) in [4.78, 5) is 13.1. The summed E-state index contributed by atoms with van der Waals surface area (Å²) in [6.45, 7) is 7.67. The van der Waals surface area contributed by atoms with Crippen LogP contribution in [0.1, 0.15) is 37.5 Å².